The van der Waals surface area contributed by atoms with Crippen LogP contribution < -0.4 is 0 Å². The Morgan fingerprint density at radius 1 is 1.31 bits per heavy atom. The minimum atomic E-state index is -0.0751. The molecule has 0 saturated carbocycles. The molecule has 0 amide bonds. The molecule has 0 atom stereocenters. The molecule has 1 rings (SSSR count). The molecule has 13 heavy (non-hydrogen) atoms. The van der Waals surface area contributed by atoms with Crippen LogP contribution in [0.25, 0.3) is 0 Å². The highest BCUT2D eigenvalue weighted by Gasteiger charge is 2.38. The Morgan fingerprint density at radius 3 is 2.38 bits per heavy atom. The van der Waals surface area contributed by atoms with Crippen LogP contribution in [0.1, 0.15) is 39.5 Å². The van der Waals surface area contributed by atoms with E-state index in [-0.39, 0.29) is 4.08 Å². The number of hydrogen-bond donors (Lipinski definition) is 0. The number of rotatable bonds is 4. The fourth-order valence-corrected chi connectivity index (χ4v) is 4.74. The van der Waals surface area contributed by atoms with Crippen molar-refractivity contribution in [3.05, 3.63) is 0 Å². The Balaban J connectivity index is 2.61. The zero-order valence-electron chi connectivity index (χ0n) is 8.47. The van der Waals surface area contributed by atoms with E-state index in [2.05, 4.69) is 13.8 Å². The monoisotopic (exact) mass is 218 g/mol. The van der Waals surface area contributed by atoms with Crippen molar-refractivity contribution in [2.24, 2.45) is 0 Å². The lowest BCUT2D eigenvalue weighted by atomic mass is 10.1. The summed E-state index contributed by atoms with van der Waals surface area (Å²) in [6.07, 6.45) is 3.99. The Bertz CT molecular complexity index is 174. The lowest BCUT2D eigenvalue weighted by Crippen LogP contribution is -2.33. The van der Waals surface area contributed by atoms with Crippen LogP contribution in [0.2, 0.25) is 0 Å². The number of Topliss-reactive ketones (excluding diaryl/α,β-unsaturated/α-hetero) is 1. The Morgan fingerprint density at radius 2 is 1.92 bits per heavy atom. The predicted molar refractivity (Wildman–Crippen MR) is 62.5 cm³/mol. The van der Waals surface area contributed by atoms with Gasteiger partial charge in [-0.2, -0.15) is 0 Å². The van der Waals surface area contributed by atoms with Gasteiger partial charge in [0.05, 0.1) is 0 Å². The first-order valence-corrected chi connectivity index (χ1v) is 7.03. The molecule has 76 valence electrons. The van der Waals surface area contributed by atoms with Crippen LogP contribution in [-0.4, -0.2) is 21.4 Å². The van der Waals surface area contributed by atoms with Gasteiger partial charge in [-0.05, 0) is 30.8 Å². The molecular weight excluding hydrogens is 200 g/mol. The molecule has 1 fully saturated rings. The molecule has 1 nitrogen and oxygen atoms in total. The SMILES string of the molecule is CCCC(=O)C1(CC)SCCCS1. The molecule has 0 radical (unpaired) electrons. The van der Waals surface area contributed by atoms with Gasteiger partial charge in [0.1, 0.15) is 4.08 Å². The maximum atomic E-state index is 11.9. The van der Waals surface area contributed by atoms with E-state index in [4.69, 9.17) is 0 Å². The molecule has 0 aromatic carbocycles. The van der Waals surface area contributed by atoms with Crippen LogP contribution in [0.15, 0.2) is 0 Å². The topological polar surface area (TPSA) is 17.1 Å². The van der Waals surface area contributed by atoms with E-state index >= 15 is 0 Å². The van der Waals surface area contributed by atoms with Gasteiger partial charge in [0, 0.05) is 6.42 Å². The molecule has 0 N–H and O–H groups in total. The third kappa shape index (κ3) is 2.66. The van der Waals surface area contributed by atoms with Crippen LogP contribution in [0.4, 0.5) is 0 Å². The summed E-state index contributed by atoms with van der Waals surface area (Å²) in [5, 5.41) is 0. The van der Waals surface area contributed by atoms with Gasteiger partial charge in [-0.15, -0.1) is 23.5 Å². The third-order valence-corrected chi connectivity index (χ3v) is 5.98. The van der Waals surface area contributed by atoms with Crippen LogP contribution in [0.5, 0.6) is 0 Å². The molecule has 1 aliphatic rings. The number of ketones is 1. The number of carbonyl (C=O) groups is 1. The number of hydrogen-bond acceptors (Lipinski definition) is 3. The minimum absolute atomic E-state index is 0.0751. The van der Waals surface area contributed by atoms with Gasteiger partial charge >= 0.3 is 0 Å². The van der Waals surface area contributed by atoms with Gasteiger partial charge in [0.15, 0.2) is 5.78 Å². The first-order valence-electron chi connectivity index (χ1n) is 5.06. The summed E-state index contributed by atoms with van der Waals surface area (Å²) in [5.41, 5.74) is 0. The van der Waals surface area contributed by atoms with E-state index in [0.717, 1.165) is 30.8 Å². The van der Waals surface area contributed by atoms with Crippen LogP contribution in [0.3, 0.4) is 0 Å². The van der Waals surface area contributed by atoms with Crippen molar-refractivity contribution in [2.75, 3.05) is 11.5 Å². The van der Waals surface area contributed by atoms with Crippen molar-refractivity contribution in [3.63, 3.8) is 0 Å². The highest BCUT2D eigenvalue weighted by molar-refractivity contribution is 8.19. The van der Waals surface area contributed by atoms with Crippen molar-refractivity contribution < 1.29 is 4.79 Å². The Kier molecular flexibility index (Phi) is 4.67. The Hall–Kier alpha value is 0.370. The zero-order valence-corrected chi connectivity index (χ0v) is 10.1. The third-order valence-electron chi connectivity index (χ3n) is 2.33. The molecule has 0 spiro atoms. The summed E-state index contributed by atoms with van der Waals surface area (Å²) in [5.74, 6) is 2.79. The molecule has 3 heteroatoms. The van der Waals surface area contributed by atoms with Gasteiger partial charge in [0.2, 0.25) is 0 Å². The van der Waals surface area contributed by atoms with Crippen LogP contribution in [0, 0.1) is 0 Å². The summed E-state index contributed by atoms with van der Waals surface area (Å²) >= 11 is 3.74. The first kappa shape index (κ1) is 11.4. The first-order chi connectivity index (χ1) is 6.25. The molecule has 1 heterocycles. The summed E-state index contributed by atoms with van der Waals surface area (Å²) in [6, 6.07) is 0. The summed E-state index contributed by atoms with van der Waals surface area (Å²) in [4.78, 5) is 11.9. The van der Waals surface area contributed by atoms with E-state index < -0.39 is 0 Å². The van der Waals surface area contributed by atoms with E-state index in [0.29, 0.717) is 5.78 Å². The second-order valence-electron chi connectivity index (χ2n) is 3.33. The second-order valence-corrected chi connectivity index (χ2v) is 6.38. The molecule has 0 bridgehead atoms. The van der Waals surface area contributed by atoms with E-state index in [9.17, 15) is 4.79 Å². The molecule has 1 saturated heterocycles. The van der Waals surface area contributed by atoms with Crippen LogP contribution >= 0.6 is 23.5 Å². The van der Waals surface area contributed by atoms with Crippen molar-refractivity contribution in [1.29, 1.82) is 0 Å². The van der Waals surface area contributed by atoms with E-state index in [1.54, 1.807) is 0 Å². The number of thioether (sulfide) groups is 2. The van der Waals surface area contributed by atoms with E-state index in [1.165, 1.54) is 6.42 Å². The Labute approximate surface area is 89.4 Å². The van der Waals surface area contributed by atoms with Gasteiger partial charge in [-0.1, -0.05) is 13.8 Å². The van der Waals surface area contributed by atoms with Crippen molar-refractivity contribution in [1.82, 2.24) is 0 Å². The molecule has 0 aromatic heterocycles. The van der Waals surface area contributed by atoms with Gasteiger partial charge < -0.3 is 0 Å². The summed E-state index contributed by atoms with van der Waals surface area (Å²) < 4.78 is -0.0751. The van der Waals surface area contributed by atoms with Crippen molar-refractivity contribution in [2.45, 2.75) is 43.6 Å². The fraction of sp³-hybridized carbons (Fsp3) is 0.900. The largest absolute Gasteiger partial charge is 0.297 e. The lowest BCUT2D eigenvalue weighted by Gasteiger charge is -2.33. The fourth-order valence-electron chi connectivity index (χ4n) is 1.55. The average Bonchev–Trinajstić information content (AvgIpc) is 2.19. The maximum Gasteiger partial charge on any atom is 0.158 e. The van der Waals surface area contributed by atoms with Gasteiger partial charge in [0.25, 0.3) is 0 Å². The average molecular weight is 218 g/mol. The highest BCUT2D eigenvalue weighted by atomic mass is 32.2. The number of carbonyl (C=O) groups excluding carboxylic acids is 1. The van der Waals surface area contributed by atoms with E-state index in [1.807, 2.05) is 23.5 Å². The molecular formula is C10H18OS2. The minimum Gasteiger partial charge on any atom is -0.297 e. The predicted octanol–water partition coefficient (Wildman–Crippen LogP) is 3.33. The smallest absolute Gasteiger partial charge is 0.158 e. The molecule has 0 unspecified atom stereocenters. The van der Waals surface area contributed by atoms with Crippen molar-refractivity contribution in [3.8, 4) is 0 Å². The quantitative estimate of drug-likeness (QED) is 0.720. The summed E-state index contributed by atoms with van der Waals surface area (Å²) in [6.45, 7) is 4.22. The second kappa shape index (κ2) is 5.30. The summed E-state index contributed by atoms with van der Waals surface area (Å²) in [7, 11) is 0. The lowest BCUT2D eigenvalue weighted by molar-refractivity contribution is -0.119. The highest BCUT2D eigenvalue weighted by Crippen LogP contribution is 2.46. The normalized spacial score (nSPS) is 21.4. The molecule has 0 aliphatic carbocycles. The zero-order chi connectivity index (χ0) is 9.73. The standard InChI is InChI=1S/C10H18OS2/c1-3-6-9(11)10(4-2)12-7-5-8-13-10/h3-8H2,1-2H3. The molecule has 1 aliphatic heterocycles. The van der Waals surface area contributed by atoms with Crippen molar-refractivity contribution >= 4 is 29.3 Å². The van der Waals surface area contributed by atoms with Gasteiger partial charge in [-0.25, -0.2) is 0 Å². The van der Waals surface area contributed by atoms with Gasteiger partial charge in [-0.3, -0.25) is 4.79 Å². The maximum absolute atomic E-state index is 11.9. The molecule has 0 aromatic rings. The van der Waals surface area contributed by atoms with Crippen LogP contribution in [-0.2, 0) is 4.79 Å².